The predicted octanol–water partition coefficient (Wildman–Crippen LogP) is 4.65. The molecule has 0 saturated carbocycles. The summed E-state index contributed by atoms with van der Waals surface area (Å²) < 4.78 is 11.0. The summed E-state index contributed by atoms with van der Waals surface area (Å²) in [7, 11) is 1.66. The lowest BCUT2D eigenvalue weighted by atomic mass is 10.0. The van der Waals surface area contributed by atoms with Crippen molar-refractivity contribution < 1.29 is 14.3 Å². The summed E-state index contributed by atoms with van der Waals surface area (Å²) in [5.74, 6) is 1.62. The van der Waals surface area contributed by atoms with E-state index in [1.165, 1.54) is 0 Å². The van der Waals surface area contributed by atoms with Crippen LogP contribution >= 0.6 is 0 Å². The van der Waals surface area contributed by atoms with Crippen LogP contribution < -0.4 is 9.47 Å². The van der Waals surface area contributed by atoms with Gasteiger partial charge in [0.15, 0.2) is 0 Å². The molecule has 29 heavy (non-hydrogen) atoms. The molecule has 5 heteroatoms. The van der Waals surface area contributed by atoms with Gasteiger partial charge in [-0.05, 0) is 60.9 Å². The fourth-order valence-electron chi connectivity index (χ4n) is 3.69. The summed E-state index contributed by atoms with van der Waals surface area (Å²) in [6.07, 6.45) is 5.51. The highest BCUT2D eigenvalue weighted by atomic mass is 16.5. The molecule has 2 aromatic carbocycles. The normalized spacial score (nSPS) is 15.9. The Kier molecular flexibility index (Phi) is 5.75. The van der Waals surface area contributed by atoms with Crippen molar-refractivity contribution in [3.8, 4) is 11.5 Å². The topological polar surface area (TPSA) is 51.7 Å². The standard InChI is InChI=1S/C24H24N2O3/c1-28-21-10-6-19(7-11-21)23-5-3-15-26(23)24(27)20-8-12-22(13-9-20)29-17-18-4-2-14-25-16-18/h2,4,6-14,16,23H,3,5,15,17H2,1H3/t23-/m0/s1. The molecular weight excluding hydrogens is 364 g/mol. The number of amides is 1. The van der Waals surface area contributed by atoms with Gasteiger partial charge in [0.05, 0.1) is 13.2 Å². The molecule has 0 N–H and O–H groups in total. The zero-order valence-corrected chi connectivity index (χ0v) is 16.5. The SMILES string of the molecule is COc1ccc([C@@H]2CCCN2C(=O)c2ccc(OCc3cccnc3)cc2)cc1. The molecule has 1 saturated heterocycles. The second-order valence-corrected chi connectivity index (χ2v) is 7.10. The average Bonchev–Trinajstić information content (AvgIpc) is 3.28. The van der Waals surface area contributed by atoms with Crippen LogP contribution in [0.4, 0.5) is 0 Å². The molecule has 4 rings (SSSR count). The summed E-state index contributed by atoms with van der Waals surface area (Å²) in [6, 6.07) is 19.3. The third-order valence-electron chi connectivity index (χ3n) is 5.24. The third-order valence-corrected chi connectivity index (χ3v) is 5.24. The number of hydrogen-bond acceptors (Lipinski definition) is 4. The number of nitrogens with zero attached hydrogens (tertiary/aromatic N) is 2. The van der Waals surface area contributed by atoms with Crippen LogP contribution in [0.15, 0.2) is 73.1 Å². The molecule has 0 spiro atoms. The van der Waals surface area contributed by atoms with Crippen molar-refractivity contribution in [3.05, 3.63) is 89.7 Å². The van der Waals surface area contributed by atoms with E-state index in [1.807, 2.05) is 65.6 Å². The number of pyridine rings is 1. The molecule has 0 unspecified atom stereocenters. The smallest absolute Gasteiger partial charge is 0.254 e. The fourth-order valence-corrected chi connectivity index (χ4v) is 3.69. The Morgan fingerprint density at radius 2 is 1.83 bits per heavy atom. The van der Waals surface area contributed by atoms with Crippen LogP contribution in [0, 0.1) is 0 Å². The number of aromatic nitrogens is 1. The van der Waals surface area contributed by atoms with Crippen LogP contribution in [-0.4, -0.2) is 29.4 Å². The molecule has 1 atom stereocenters. The summed E-state index contributed by atoms with van der Waals surface area (Å²) in [6.45, 7) is 1.22. The minimum atomic E-state index is 0.0575. The summed E-state index contributed by atoms with van der Waals surface area (Å²) >= 11 is 0. The van der Waals surface area contributed by atoms with Crippen LogP contribution in [0.25, 0.3) is 0 Å². The molecule has 0 bridgehead atoms. The first kappa shape index (κ1) is 19.0. The molecule has 1 fully saturated rings. The van der Waals surface area contributed by atoms with Crippen molar-refractivity contribution in [3.63, 3.8) is 0 Å². The highest BCUT2D eigenvalue weighted by Crippen LogP contribution is 2.34. The first-order valence-electron chi connectivity index (χ1n) is 9.81. The molecule has 1 aliphatic heterocycles. The Morgan fingerprint density at radius 3 is 2.52 bits per heavy atom. The van der Waals surface area contributed by atoms with E-state index in [2.05, 4.69) is 4.98 Å². The number of carbonyl (C=O) groups is 1. The molecule has 2 heterocycles. The van der Waals surface area contributed by atoms with E-state index in [-0.39, 0.29) is 11.9 Å². The lowest BCUT2D eigenvalue weighted by Gasteiger charge is -2.25. The molecule has 1 aromatic heterocycles. The van der Waals surface area contributed by atoms with Gasteiger partial charge in [-0.2, -0.15) is 0 Å². The van der Waals surface area contributed by atoms with Gasteiger partial charge in [0.2, 0.25) is 0 Å². The highest BCUT2D eigenvalue weighted by Gasteiger charge is 2.30. The van der Waals surface area contributed by atoms with Crippen LogP contribution in [0.5, 0.6) is 11.5 Å². The van der Waals surface area contributed by atoms with E-state index in [0.29, 0.717) is 12.2 Å². The maximum absolute atomic E-state index is 13.1. The zero-order chi connectivity index (χ0) is 20.1. The zero-order valence-electron chi connectivity index (χ0n) is 16.5. The molecule has 0 radical (unpaired) electrons. The van der Waals surface area contributed by atoms with E-state index >= 15 is 0 Å². The lowest BCUT2D eigenvalue weighted by Crippen LogP contribution is -2.30. The monoisotopic (exact) mass is 388 g/mol. The van der Waals surface area contributed by atoms with E-state index < -0.39 is 0 Å². The minimum absolute atomic E-state index is 0.0575. The summed E-state index contributed by atoms with van der Waals surface area (Å²) in [5, 5.41) is 0. The van der Waals surface area contributed by atoms with Gasteiger partial charge in [0.1, 0.15) is 18.1 Å². The second-order valence-electron chi connectivity index (χ2n) is 7.10. The van der Waals surface area contributed by atoms with Crippen LogP contribution in [-0.2, 0) is 6.61 Å². The van der Waals surface area contributed by atoms with Crippen molar-refractivity contribution in [1.82, 2.24) is 9.88 Å². The Bertz CT molecular complexity index is 940. The minimum Gasteiger partial charge on any atom is -0.497 e. The molecule has 0 aliphatic carbocycles. The number of likely N-dealkylation sites (tertiary alicyclic amines) is 1. The van der Waals surface area contributed by atoms with E-state index in [9.17, 15) is 4.79 Å². The first-order valence-corrected chi connectivity index (χ1v) is 9.81. The average molecular weight is 388 g/mol. The quantitative estimate of drug-likeness (QED) is 0.617. The maximum Gasteiger partial charge on any atom is 0.254 e. The molecule has 1 aliphatic rings. The van der Waals surface area contributed by atoms with Crippen molar-refractivity contribution in [2.45, 2.75) is 25.5 Å². The van der Waals surface area contributed by atoms with E-state index in [1.54, 1.807) is 19.5 Å². The maximum atomic E-state index is 13.1. The van der Waals surface area contributed by atoms with Crippen LogP contribution in [0.1, 0.15) is 40.4 Å². The van der Waals surface area contributed by atoms with Crippen molar-refractivity contribution >= 4 is 5.91 Å². The lowest BCUT2D eigenvalue weighted by molar-refractivity contribution is 0.0735. The van der Waals surface area contributed by atoms with Gasteiger partial charge in [0, 0.05) is 30.1 Å². The highest BCUT2D eigenvalue weighted by molar-refractivity contribution is 5.94. The Balaban J connectivity index is 1.42. The molecule has 5 nitrogen and oxygen atoms in total. The molecule has 148 valence electrons. The van der Waals surface area contributed by atoms with E-state index in [0.717, 1.165) is 42.0 Å². The fraction of sp³-hybridized carbons (Fsp3) is 0.250. The van der Waals surface area contributed by atoms with Gasteiger partial charge in [-0.3, -0.25) is 9.78 Å². The number of methoxy groups -OCH3 is 1. The predicted molar refractivity (Wildman–Crippen MR) is 111 cm³/mol. The molecule has 3 aromatic rings. The number of hydrogen-bond donors (Lipinski definition) is 0. The second kappa shape index (κ2) is 8.78. The summed E-state index contributed by atoms with van der Waals surface area (Å²) in [5.41, 5.74) is 2.83. The van der Waals surface area contributed by atoms with Gasteiger partial charge in [0.25, 0.3) is 5.91 Å². The van der Waals surface area contributed by atoms with Gasteiger partial charge >= 0.3 is 0 Å². The molecule has 1 amide bonds. The van der Waals surface area contributed by atoms with Crippen molar-refractivity contribution in [1.29, 1.82) is 0 Å². The van der Waals surface area contributed by atoms with Gasteiger partial charge in [-0.1, -0.05) is 18.2 Å². The number of ether oxygens (including phenoxy) is 2. The Hall–Kier alpha value is -3.34. The number of benzene rings is 2. The number of carbonyl (C=O) groups excluding carboxylic acids is 1. The Labute approximate surface area is 170 Å². The largest absolute Gasteiger partial charge is 0.497 e. The summed E-state index contributed by atoms with van der Waals surface area (Å²) in [4.78, 5) is 19.1. The van der Waals surface area contributed by atoms with Crippen LogP contribution in [0.3, 0.4) is 0 Å². The molecular formula is C24H24N2O3. The van der Waals surface area contributed by atoms with Crippen LogP contribution in [0.2, 0.25) is 0 Å². The van der Waals surface area contributed by atoms with Gasteiger partial charge in [-0.15, -0.1) is 0 Å². The van der Waals surface area contributed by atoms with Crippen molar-refractivity contribution in [2.75, 3.05) is 13.7 Å². The van der Waals surface area contributed by atoms with Crippen molar-refractivity contribution in [2.24, 2.45) is 0 Å². The first-order chi connectivity index (χ1) is 14.2. The number of rotatable bonds is 6. The van der Waals surface area contributed by atoms with E-state index in [4.69, 9.17) is 9.47 Å². The van der Waals surface area contributed by atoms with Gasteiger partial charge in [-0.25, -0.2) is 0 Å². The Morgan fingerprint density at radius 1 is 1.07 bits per heavy atom. The van der Waals surface area contributed by atoms with Gasteiger partial charge < -0.3 is 14.4 Å². The third kappa shape index (κ3) is 4.40.